The van der Waals surface area contributed by atoms with Gasteiger partial charge in [-0.2, -0.15) is 0 Å². The molecule has 0 spiro atoms. The van der Waals surface area contributed by atoms with Crippen molar-refractivity contribution in [3.8, 4) is 0 Å². The van der Waals surface area contributed by atoms with Crippen molar-refractivity contribution < 1.29 is 23.1 Å². The first-order chi connectivity index (χ1) is 15.3. The van der Waals surface area contributed by atoms with Crippen LogP contribution in [0.25, 0.3) is 0 Å². The SMILES string of the molecule is CC(C)(C)OC(=O)N1CC(F)(c2ccc(C3=NO[C@@](C)(c4cc(Cl)c(F)c(Cl)c4)C3)cc2)C1. The summed E-state index contributed by atoms with van der Waals surface area (Å²) in [6.45, 7) is 7.00. The Kier molecular flexibility index (Phi) is 5.86. The van der Waals surface area contributed by atoms with E-state index in [-0.39, 0.29) is 23.1 Å². The van der Waals surface area contributed by atoms with Crippen molar-refractivity contribution >= 4 is 35.0 Å². The van der Waals surface area contributed by atoms with E-state index in [9.17, 15) is 9.18 Å². The first-order valence-electron chi connectivity index (χ1n) is 10.5. The van der Waals surface area contributed by atoms with Gasteiger partial charge in [-0.1, -0.05) is 52.6 Å². The number of nitrogens with zero attached hydrogens (tertiary/aromatic N) is 2. The van der Waals surface area contributed by atoms with Gasteiger partial charge >= 0.3 is 6.09 Å². The molecule has 2 aliphatic rings. The number of halogens is 4. The molecule has 0 unspecified atom stereocenters. The maximum atomic E-state index is 15.3. The monoisotopic (exact) mass is 496 g/mol. The summed E-state index contributed by atoms with van der Waals surface area (Å²) in [5, 5.41) is 4.01. The van der Waals surface area contributed by atoms with Crippen LogP contribution in [-0.2, 0) is 20.8 Å². The number of oxime groups is 1. The van der Waals surface area contributed by atoms with Crippen LogP contribution in [0.5, 0.6) is 0 Å². The summed E-state index contributed by atoms with van der Waals surface area (Å²) < 4.78 is 34.4. The number of rotatable bonds is 3. The zero-order valence-corrected chi connectivity index (χ0v) is 20.2. The number of ether oxygens (including phenoxy) is 1. The number of hydrogen-bond acceptors (Lipinski definition) is 4. The van der Waals surface area contributed by atoms with E-state index in [0.29, 0.717) is 23.3 Å². The Labute approximate surface area is 201 Å². The van der Waals surface area contributed by atoms with Gasteiger partial charge in [-0.15, -0.1) is 0 Å². The Morgan fingerprint density at radius 3 is 2.24 bits per heavy atom. The van der Waals surface area contributed by atoms with Gasteiger partial charge in [0.2, 0.25) is 0 Å². The van der Waals surface area contributed by atoms with Crippen molar-refractivity contribution in [3.63, 3.8) is 0 Å². The van der Waals surface area contributed by atoms with E-state index in [4.69, 9.17) is 32.8 Å². The fourth-order valence-corrected chi connectivity index (χ4v) is 4.36. The first kappa shape index (κ1) is 23.8. The van der Waals surface area contributed by atoms with Gasteiger partial charge in [0.1, 0.15) is 5.60 Å². The lowest BCUT2D eigenvalue weighted by atomic mass is 9.86. The largest absolute Gasteiger partial charge is 0.444 e. The number of amides is 1. The highest BCUT2D eigenvalue weighted by Crippen LogP contribution is 2.40. The molecular weight excluding hydrogens is 473 g/mol. The topological polar surface area (TPSA) is 51.1 Å². The Morgan fingerprint density at radius 1 is 1.12 bits per heavy atom. The second-order valence-electron chi connectivity index (χ2n) is 9.67. The van der Waals surface area contributed by atoms with Crippen molar-refractivity contribution in [1.82, 2.24) is 4.90 Å². The Morgan fingerprint density at radius 2 is 1.70 bits per heavy atom. The molecule has 1 fully saturated rings. The zero-order valence-electron chi connectivity index (χ0n) is 18.7. The van der Waals surface area contributed by atoms with E-state index >= 15 is 4.39 Å². The summed E-state index contributed by atoms with van der Waals surface area (Å²) in [5.74, 6) is -0.679. The molecule has 0 N–H and O–H groups in total. The molecular formula is C24H24Cl2F2N2O3. The minimum atomic E-state index is -1.63. The molecule has 0 aromatic heterocycles. The number of alkyl halides is 1. The third-order valence-electron chi connectivity index (χ3n) is 5.73. The molecule has 2 aromatic carbocycles. The standard InChI is InChI=1S/C24H24Cl2F2N2O3/c1-22(2,3)32-21(31)30-12-24(28,13-30)15-7-5-14(6-8-15)19-11-23(4,33-29-19)16-9-17(25)20(27)18(26)10-16/h5-10H,11-13H2,1-4H3/t23-/m1/s1. The maximum absolute atomic E-state index is 15.3. The van der Waals surface area contributed by atoms with E-state index in [1.165, 1.54) is 17.0 Å². The molecule has 0 bridgehead atoms. The van der Waals surface area contributed by atoms with E-state index in [2.05, 4.69) is 5.16 Å². The molecule has 1 atom stereocenters. The molecule has 33 heavy (non-hydrogen) atoms. The van der Waals surface area contributed by atoms with Crippen LogP contribution in [0.1, 0.15) is 50.8 Å². The van der Waals surface area contributed by atoms with Gasteiger partial charge in [0, 0.05) is 12.0 Å². The minimum absolute atomic E-state index is 0.0600. The zero-order chi connectivity index (χ0) is 24.2. The molecule has 2 heterocycles. The van der Waals surface area contributed by atoms with Gasteiger partial charge in [-0.3, -0.25) is 0 Å². The average molecular weight is 497 g/mol. The van der Waals surface area contributed by atoms with Crippen molar-refractivity contribution in [2.75, 3.05) is 13.1 Å². The fourth-order valence-electron chi connectivity index (χ4n) is 3.87. The van der Waals surface area contributed by atoms with E-state index in [1.54, 1.807) is 45.0 Å². The summed E-state index contributed by atoms with van der Waals surface area (Å²) in [6.07, 6.45) is -0.122. The molecule has 2 aromatic rings. The lowest BCUT2D eigenvalue weighted by Gasteiger charge is -2.44. The van der Waals surface area contributed by atoms with Crippen LogP contribution >= 0.6 is 23.2 Å². The fraction of sp³-hybridized carbons (Fsp3) is 0.417. The number of carbonyl (C=O) groups is 1. The Bertz CT molecular complexity index is 1100. The highest BCUT2D eigenvalue weighted by atomic mass is 35.5. The van der Waals surface area contributed by atoms with Crippen molar-refractivity contribution in [1.29, 1.82) is 0 Å². The quantitative estimate of drug-likeness (QED) is 0.450. The average Bonchev–Trinajstić information content (AvgIpc) is 3.11. The van der Waals surface area contributed by atoms with Gasteiger partial charge in [0.15, 0.2) is 17.1 Å². The van der Waals surface area contributed by atoms with Crippen LogP contribution in [0.3, 0.4) is 0 Å². The molecule has 5 nitrogen and oxygen atoms in total. The molecule has 0 saturated carbocycles. The molecule has 4 rings (SSSR count). The lowest BCUT2D eigenvalue weighted by molar-refractivity contribution is -0.0537. The van der Waals surface area contributed by atoms with Crippen molar-refractivity contribution in [2.24, 2.45) is 5.16 Å². The van der Waals surface area contributed by atoms with Crippen molar-refractivity contribution in [3.05, 3.63) is 69.0 Å². The normalized spacial score (nSPS) is 21.8. The van der Waals surface area contributed by atoms with Gasteiger partial charge in [-0.25, -0.2) is 13.6 Å². The van der Waals surface area contributed by atoms with Crippen molar-refractivity contribution in [2.45, 2.75) is 51.0 Å². The lowest BCUT2D eigenvalue weighted by Crippen LogP contribution is -2.59. The maximum Gasteiger partial charge on any atom is 0.410 e. The molecule has 0 radical (unpaired) electrons. The van der Waals surface area contributed by atoms with Gasteiger partial charge < -0.3 is 14.5 Å². The van der Waals surface area contributed by atoms with Crippen LogP contribution in [0.2, 0.25) is 10.0 Å². The molecule has 9 heteroatoms. The second-order valence-corrected chi connectivity index (χ2v) is 10.5. The minimum Gasteiger partial charge on any atom is -0.444 e. The third kappa shape index (κ3) is 4.66. The van der Waals surface area contributed by atoms with Crippen LogP contribution in [0.4, 0.5) is 13.6 Å². The highest BCUT2D eigenvalue weighted by Gasteiger charge is 2.48. The van der Waals surface area contributed by atoms with E-state index in [1.807, 2.05) is 6.92 Å². The predicted molar refractivity (Wildman–Crippen MR) is 123 cm³/mol. The summed E-state index contributed by atoms with van der Waals surface area (Å²) in [5.41, 5.74) is -0.598. The van der Waals surface area contributed by atoms with Crippen LogP contribution < -0.4 is 0 Å². The van der Waals surface area contributed by atoms with E-state index < -0.39 is 28.8 Å². The van der Waals surface area contributed by atoms with E-state index in [0.717, 1.165) is 5.56 Å². The van der Waals surface area contributed by atoms with Gasteiger partial charge in [0.05, 0.1) is 28.8 Å². The second kappa shape index (κ2) is 8.13. The smallest absolute Gasteiger partial charge is 0.410 e. The molecule has 0 aliphatic carbocycles. The Balaban J connectivity index is 1.43. The summed E-state index contributed by atoms with van der Waals surface area (Å²) >= 11 is 11.9. The molecule has 176 valence electrons. The summed E-state index contributed by atoms with van der Waals surface area (Å²) in [7, 11) is 0. The van der Waals surface area contributed by atoms with Gasteiger partial charge in [-0.05, 0) is 51.0 Å². The molecule has 1 amide bonds. The van der Waals surface area contributed by atoms with Gasteiger partial charge in [0.25, 0.3) is 0 Å². The molecule has 2 aliphatic heterocycles. The summed E-state index contributed by atoms with van der Waals surface area (Å²) in [4.78, 5) is 19.1. The first-order valence-corrected chi connectivity index (χ1v) is 11.2. The third-order valence-corrected chi connectivity index (χ3v) is 6.28. The highest BCUT2D eigenvalue weighted by molar-refractivity contribution is 6.35. The number of benzene rings is 2. The number of hydrogen-bond donors (Lipinski definition) is 0. The predicted octanol–water partition coefficient (Wildman–Crippen LogP) is 6.59. The summed E-state index contributed by atoms with van der Waals surface area (Å²) in [6, 6.07) is 9.86. The van der Waals surface area contributed by atoms with Crippen LogP contribution in [0, 0.1) is 5.82 Å². The van der Waals surface area contributed by atoms with Crippen LogP contribution in [-0.4, -0.2) is 35.4 Å². The van der Waals surface area contributed by atoms with Crippen LogP contribution in [0.15, 0.2) is 41.6 Å². The number of likely N-dealkylation sites (tertiary alicyclic amines) is 1. The Hall–Kier alpha value is -2.38. The molecule has 1 saturated heterocycles. The number of carbonyl (C=O) groups excluding carboxylic acids is 1.